The summed E-state index contributed by atoms with van der Waals surface area (Å²) >= 11 is 0. The Morgan fingerprint density at radius 1 is 1.75 bits per heavy atom. The second-order valence-electron chi connectivity index (χ2n) is 3.48. The third kappa shape index (κ3) is 1.56. The van der Waals surface area contributed by atoms with Crippen molar-refractivity contribution in [1.29, 1.82) is 0 Å². The van der Waals surface area contributed by atoms with Crippen LogP contribution in [0.2, 0.25) is 0 Å². The van der Waals surface area contributed by atoms with Gasteiger partial charge < -0.3 is 5.73 Å². The maximum atomic E-state index is 5.63. The normalized spacial score (nSPS) is 11.6. The molecule has 0 saturated heterocycles. The van der Waals surface area contributed by atoms with E-state index in [1.807, 2.05) is 12.4 Å². The molecule has 3 heteroatoms. The Kier molecular flexibility index (Phi) is 2.33. The van der Waals surface area contributed by atoms with E-state index < -0.39 is 0 Å². The number of nitrogens with two attached hydrogens (primary N) is 1. The molecule has 66 valence electrons. The van der Waals surface area contributed by atoms with Crippen LogP contribution < -0.4 is 5.73 Å². The molecule has 0 atom stereocenters. The molecule has 2 N–H and O–H groups in total. The molecule has 0 amide bonds. The minimum Gasteiger partial charge on any atom is -0.330 e. The predicted molar refractivity (Wildman–Crippen MR) is 50.7 cm³/mol. The Balaban J connectivity index is 2.95. The summed E-state index contributed by atoms with van der Waals surface area (Å²) in [7, 11) is 0. The van der Waals surface area contributed by atoms with E-state index in [-0.39, 0.29) is 5.41 Å². The van der Waals surface area contributed by atoms with Gasteiger partial charge >= 0.3 is 0 Å². The third-order valence-corrected chi connectivity index (χ3v) is 2.08. The summed E-state index contributed by atoms with van der Waals surface area (Å²) in [6, 6.07) is 0. The molecule has 0 aromatic carbocycles. The Hall–Kier alpha value is -1.09. The number of rotatable bonds is 3. The van der Waals surface area contributed by atoms with Crippen LogP contribution in [0, 0.1) is 0 Å². The molecule has 0 fully saturated rings. The lowest BCUT2D eigenvalue weighted by Crippen LogP contribution is -2.27. The van der Waals surface area contributed by atoms with Crippen LogP contribution >= 0.6 is 0 Å². The largest absolute Gasteiger partial charge is 0.330 e. The Bertz CT molecular complexity index is 273. The Labute approximate surface area is 72.9 Å². The van der Waals surface area contributed by atoms with Gasteiger partial charge in [0.1, 0.15) is 0 Å². The van der Waals surface area contributed by atoms with Gasteiger partial charge in [-0.05, 0) is 5.56 Å². The third-order valence-electron chi connectivity index (χ3n) is 2.08. The van der Waals surface area contributed by atoms with Gasteiger partial charge in [-0.15, -0.1) is 0 Å². The van der Waals surface area contributed by atoms with Crippen LogP contribution in [0.25, 0.3) is 6.20 Å². The highest BCUT2D eigenvalue weighted by Gasteiger charge is 2.19. The van der Waals surface area contributed by atoms with E-state index >= 15 is 0 Å². The SMILES string of the molecule is C=Cn1cc(C(C)(C)CN)cn1. The molecule has 1 rings (SSSR count). The molecule has 3 nitrogen and oxygen atoms in total. The van der Waals surface area contributed by atoms with E-state index in [2.05, 4.69) is 25.5 Å². The minimum atomic E-state index is 0.00125. The fraction of sp³-hybridized carbons (Fsp3) is 0.444. The van der Waals surface area contributed by atoms with Crippen LogP contribution in [0.1, 0.15) is 19.4 Å². The van der Waals surface area contributed by atoms with Crippen molar-refractivity contribution in [2.45, 2.75) is 19.3 Å². The molecule has 0 radical (unpaired) electrons. The highest BCUT2D eigenvalue weighted by molar-refractivity contribution is 5.23. The van der Waals surface area contributed by atoms with E-state index in [4.69, 9.17) is 5.73 Å². The van der Waals surface area contributed by atoms with E-state index in [0.717, 1.165) is 5.56 Å². The number of hydrogen-bond acceptors (Lipinski definition) is 2. The van der Waals surface area contributed by atoms with E-state index in [9.17, 15) is 0 Å². The van der Waals surface area contributed by atoms with Gasteiger partial charge in [0.2, 0.25) is 0 Å². The standard InChI is InChI=1S/C9H15N3/c1-4-12-6-8(5-11-12)9(2,3)7-10/h4-6H,1,7,10H2,2-3H3. The second-order valence-corrected chi connectivity index (χ2v) is 3.48. The molecule has 1 aromatic rings. The van der Waals surface area contributed by atoms with Crippen LogP contribution in [0.5, 0.6) is 0 Å². The first-order valence-corrected chi connectivity index (χ1v) is 3.97. The highest BCUT2D eigenvalue weighted by atomic mass is 15.2. The van der Waals surface area contributed by atoms with Gasteiger partial charge in [0.15, 0.2) is 0 Å². The van der Waals surface area contributed by atoms with Crippen LogP contribution in [0.15, 0.2) is 19.0 Å². The number of hydrogen-bond donors (Lipinski definition) is 1. The maximum Gasteiger partial charge on any atom is 0.0531 e. The molecule has 0 unspecified atom stereocenters. The molecule has 1 heterocycles. The van der Waals surface area contributed by atoms with Gasteiger partial charge in [0, 0.05) is 24.4 Å². The number of aromatic nitrogens is 2. The zero-order chi connectivity index (χ0) is 9.19. The smallest absolute Gasteiger partial charge is 0.0531 e. The second kappa shape index (κ2) is 3.11. The van der Waals surface area contributed by atoms with Crippen molar-refractivity contribution in [3.05, 3.63) is 24.5 Å². The summed E-state index contributed by atoms with van der Waals surface area (Å²) in [5.41, 5.74) is 6.77. The first-order chi connectivity index (χ1) is 5.60. The average Bonchev–Trinajstić information content (AvgIpc) is 2.52. The molecule has 0 aliphatic rings. The van der Waals surface area contributed by atoms with Crippen molar-refractivity contribution in [3.63, 3.8) is 0 Å². The van der Waals surface area contributed by atoms with Crippen LogP contribution in [-0.4, -0.2) is 16.3 Å². The molecule has 0 spiro atoms. The summed E-state index contributed by atoms with van der Waals surface area (Å²) in [4.78, 5) is 0. The molecule has 1 aromatic heterocycles. The maximum absolute atomic E-state index is 5.63. The monoisotopic (exact) mass is 165 g/mol. The zero-order valence-corrected chi connectivity index (χ0v) is 7.62. The Morgan fingerprint density at radius 3 is 2.83 bits per heavy atom. The van der Waals surface area contributed by atoms with E-state index in [1.165, 1.54) is 0 Å². The first-order valence-electron chi connectivity index (χ1n) is 3.97. The molecular weight excluding hydrogens is 150 g/mol. The molecule has 0 aliphatic heterocycles. The lowest BCUT2D eigenvalue weighted by Gasteiger charge is -2.19. The summed E-state index contributed by atoms with van der Waals surface area (Å²) in [5, 5.41) is 4.09. The van der Waals surface area contributed by atoms with Crippen LogP contribution in [0.4, 0.5) is 0 Å². The summed E-state index contributed by atoms with van der Waals surface area (Å²) in [6.45, 7) is 8.43. The van der Waals surface area contributed by atoms with Gasteiger partial charge in [-0.3, -0.25) is 0 Å². The topological polar surface area (TPSA) is 43.8 Å². The van der Waals surface area contributed by atoms with Crippen molar-refractivity contribution < 1.29 is 0 Å². The lowest BCUT2D eigenvalue weighted by atomic mass is 9.87. The zero-order valence-electron chi connectivity index (χ0n) is 7.62. The van der Waals surface area contributed by atoms with Gasteiger partial charge in [-0.1, -0.05) is 20.4 Å². The van der Waals surface area contributed by atoms with Gasteiger partial charge in [-0.2, -0.15) is 5.10 Å². The summed E-state index contributed by atoms with van der Waals surface area (Å²) < 4.78 is 1.69. The average molecular weight is 165 g/mol. The molecule has 0 aliphatic carbocycles. The minimum absolute atomic E-state index is 0.00125. The van der Waals surface area contributed by atoms with E-state index in [1.54, 1.807) is 10.9 Å². The fourth-order valence-electron chi connectivity index (χ4n) is 0.905. The van der Waals surface area contributed by atoms with Crippen molar-refractivity contribution in [2.24, 2.45) is 5.73 Å². The molecule has 12 heavy (non-hydrogen) atoms. The number of nitrogens with zero attached hydrogens (tertiary/aromatic N) is 2. The summed E-state index contributed by atoms with van der Waals surface area (Å²) in [5.74, 6) is 0. The van der Waals surface area contributed by atoms with Gasteiger partial charge in [0.05, 0.1) is 6.20 Å². The van der Waals surface area contributed by atoms with Gasteiger partial charge in [-0.25, -0.2) is 4.68 Å². The van der Waals surface area contributed by atoms with E-state index in [0.29, 0.717) is 6.54 Å². The van der Waals surface area contributed by atoms with Crippen molar-refractivity contribution in [2.75, 3.05) is 6.54 Å². The Morgan fingerprint density at radius 2 is 2.42 bits per heavy atom. The summed E-state index contributed by atoms with van der Waals surface area (Å²) in [6.07, 6.45) is 5.44. The van der Waals surface area contributed by atoms with Gasteiger partial charge in [0.25, 0.3) is 0 Å². The van der Waals surface area contributed by atoms with Crippen LogP contribution in [-0.2, 0) is 5.41 Å². The highest BCUT2D eigenvalue weighted by Crippen LogP contribution is 2.20. The lowest BCUT2D eigenvalue weighted by molar-refractivity contribution is 0.539. The molecule has 0 bridgehead atoms. The molecule has 0 saturated carbocycles. The van der Waals surface area contributed by atoms with Crippen molar-refractivity contribution in [1.82, 2.24) is 9.78 Å². The predicted octanol–water partition coefficient (Wildman–Crippen LogP) is 1.22. The molecular formula is C9H15N3. The van der Waals surface area contributed by atoms with Crippen LogP contribution in [0.3, 0.4) is 0 Å². The first kappa shape index (κ1) is 9.00. The van der Waals surface area contributed by atoms with Crippen molar-refractivity contribution >= 4 is 6.20 Å². The fourth-order valence-corrected chi connectivity index (χ4v) is 0.905. The van der Waals surface area contributed by atoms with Crippen molar-refractivity contribution in [3.8, 4) is 0 Å². The quantitative estimate of drug-likeness (QED) is 0.731.